The number of nitrogens with one attached hydrogen (secondary N) is 1. The molecule has 0 spiro atoms. The van der Waals surface area contributed by atoms with Gasteiger partial charge in [0.2, 0.25) is 0 Å². The number of hydrogen-bond donors (Lipinski definition) is 1. The number of nitrogens with zero attached hydrogens (tertiary/aromatic N) is 3. The SMILES string of the molecule is COCCOc1nc(-c2ccc(C(F)(F)F)cc2)n(-c2ccc(NC(=O)c3ccccc3C)cc2)n1. The van der Waals surface area contributed by atoms with Crippen molar-refractivity contribution in [3.05, 3.63) is 89.5 Å². The molecule has 0 aliphatic carbocycles. The maximum absolute atomic E-state index is 13.0. The van der Waals surface area contributed by atoms with Gasteiger partial charge in [0.25, 0.3) is 5.91 Å². The largest absolute Gasteiger partial charge is 0.460 e. The van der Waals surface area contributed by atoms with Crippen LogP contribution in [0.25, 0.3) is 17.1 Å². The minimum atomic E-state index is -4.45. The third-order valence-corrected chi connectivity index (χ3v) is 5.34. The quantitative estimate of drug-likeness (QED) is 0.324. The maximum atomic E-state index is 13.0. The molecule has 0 aliphatic heterocycles. The average Bonchev–Trinajstić information content (AvgIpc) is 3.28. The summed E-state index contributed by atoms with van der Waals surface area (Å²) in [6.45, 7) is 2.38. The summed E-state index contributed by atoms with van der Waals surface area (Å²) in [7, 11) is 1.53. The van der Waals surface area contributed by atoms with Gasteiger partial charge in [-0.25, -0.2) is 4.68 Å². The van der Waals surface area contributed by atoms with E-state index in [0.717, 1.165) is 17.7 Å². The van der Waals surface area contributed by atoms with E-state index in [1.54, 1.807) is 36.4 Å². The smallest absolute Gasteiger partial charge is 0.416 e. The van der Waals surface area contributed by atoms with Crippen LogP contribution < -0.4 is 10.1 Å². The standard InChI is InChI=1S/C26H23F3N4O3/c1-17-5-3-4-6-22(17)24(34)30-20-11-13-21(14-12-20)33-23(31-25(32-33)36-16-15-35-2)18-7-9-19(10-8-18)26(27,28)29/h3-14H,15-16H2,1-2H3,(H,30,34). The molecule has 0 radical (unpaired) electrons. The van der Waals surface area contributed by atoms with E-state index in [1.165, 1.54) is 23.9 Å². The van der Waals surface area contributed by atoms with E-state index in [0.29, 0.717) is 34.9 Å². The number of methoxy groups -OCH3 is 1. The van der Waals surface area contributed by atoms with E-state index in [-0.39, 0.29) is 18.5 Å². The first-order valence-corrected chi connectivity index (χ1v) is 11.0. The molecule has 0 bridgehead atoms. The van der Waals surface area contributed by atoms with Crippen molar-refractivity contribution >= 4 is 11.6 Å². The Morgan fingerprint density at radius 3 is 2.31 bits per heavy atom. The summed E-state index contributed by atoms with van der Waals surface area (Å²) < 4.78 is 51.0. The normalized spacial score (nSPS) is 11.4. The molecular formula is C26H23F3N4O3. The number of amides is 1. The van der Waals surface area contributed by atoms with Gasteiger partial charge in [0.1, 0.15) is 6.61 Å². The Labute approximate surface area is 205 Å². The number of aromatic nitrogens is 3. The van der Waals surface area contributed by atoms with Gasteiger partial charge in [-0.2, -0.15) is 18.2 Å². The second-order valence-electron chi connectivity index (χ2n) is 7.86. The summed E-state index contributed by atoms with van der Waals surface area (Å²) >= 11 is 0. The van der Waals surface area contributed by atoms with Crippen LogP contribution in [-0.4, -0.2) is 41.0 Å². The molecule has 0 saturated heterocycles. The van der Waals surface area contributed by atoms with Crippen molar-refractivity contribution in [2.24, 2.45) is 0 Å². The lowest BCUT2D eigenvalue weighted by Gasteiger charge is -2.10. The Morgan fingerprint density at radius 2 is 1.67 bits per heavy atom. The average molecular weight is 496 g/mol. The topological polar surface area (TPSA) is 78.3 Å². The van der Waals surface area contributed by atoms with Gasteiger partial charge in [-0.3, -0.25) is 4.79 Å². The lowest BCUT2D eigenvalue weighted by Crippen LogP contribution is -2.13. The molecule has 4 aromatic rings. The Balaban J connectivity index is 1.62. The van der Waals surface area contributed by atoms with Crippen LogP contribution in [-0.2, 0) is 10.9 Å². The number of benzene rings is 3. The van der Waals surface area contributed by atoms with Crippen molar-refractivity contribution in [1.29, 1.82) is 0 Å². The van der Waals surface area contributed by atoms with Crippen LogP contribution in [0.15, 0.2) is 72.8 Å². The first kappa shape index (κ1) is 24.9. The Hall–Kier alpha value is -4.18. The van der Waals surface area contributed by atoms with E-state index in [2.05, 4.69) is 15.4 Å². The monoisotopic (exact) mass is 496 g/mol. The maximum Gasteiger partial charge on any atom is 0.416 e. The van der Waals surface area contributed by atoms with Crippen LogP contribution in [0.2, 0.25) is 0 Å². The van der Waals surface area contributed by atoms with Gasteiger partial charge in [-0.1, -0.05) is 30.3 Å². The first-order chi connectivity index (χ1) is 17.3. The summed E-state index contributed by atoms with van der Waals surface area (Å²) in [6.07, 6.45) is -4.45. The number of anilines is 1. The molecule has 0 unspecified atom stereocenters. The first-order valence-electron chi connectivity index (χ1n) is 11.0. The highest BCUT2D eigenvalue weighted by molar-refractivity contribution is 6.05. The molecule has 1 heterocycles. The summed E-state index contributed by atoms with van der Waals surface area (Å²) in [4.78, 5) is 17.0. The van der Waals surface area contributed by atoms with Crippen LogP contribution in [0.1, 0.15) is 21.5 Å². The fraction of sp³-hybridized carbons (Fsp3) is 0.192. The minimum Gasteiger partial charge on any atom is -0.460 e. The van der Waals surface area contributed by atoms with E-state index < -0.39 is 11.7 Å². The van der Waals surface area contributed by atoms with Crippen LogP contribution in [0, 0.1) is 6.92 Å². The zero-order chi connectivity index (χ0) is 25.7. The zero-order valence-electron chi connectivity index (χ0n) is 19.5. The number of hydrogen-bond acceptors (Lipinski definition) is 5. The number of aryl methyl sites for hydroxylation is 1. The zero-order valence-corrected chi connectivity index (χ0v) is 19.5. The molecule has 1 aromatic heterocycles. The van der Waals surface area contributed by atoms with Crippen LogP contribution in [0.3, 0.4) is 0 Å². The van der Waals surface area contributed by atoms with Crippen molar-refractivity contribution in [3.8, 4) is 23.1 Å². The molecule has 0 fully saturated rings. The van der Waals surface area contributed by atoms with Crippen molar-refractivity contribution in [2.75, 3.05) is 25.6 Å². The van der Waals surface area contributed by atoms with Crippen molar-refractivity contribution in [3.63, 3.8) is 0 Å². The second-order valence-corrected chi connectivity index (χ2v) is 7.86. The molecule has 4 rings (SSSR count). The summed E-state index contributed by atoms with van der Waals surface area (Å²) in [5.74, 6) is 0.0636. The Bertz CT molecular complexity index is 1330. The lowest BCUT2D eigenvalue weighted by molar-refractivity contribution is -0.137. The predicted molar refractivity (Wildman–Crippen MR) is 128 cm³/mol. The molecule has 1 N–H and O–H groups in total. The van der Waals surface area contributed by atoms with Gasteiger partial charge >= 0.3 is 12.2 Å². The number of carbonyl (C=O) groups excluding carboxylic acids is 1. The van der Waals surface area contributed by atoms with Crippen molar-refractivity contribution in [1.82, 2.24) is 14.8 Å². The van der Waals surface area contributed by atoms with E-state index in [4.69, 9.17) is 9.47 Å². The molecule has 186 valence electrons. The molecule has 36 heavy (non-hydrogen) atoms. The summed E-state index contributed by atoms with van der Waals surface area (Å²) in [6, 6.07) is 18.8. The predicted octanol–water partition coefficient (Wildman–Crippen LogP) is 5.54. The van der Waals surface area contributed by atoms with Gasteiger partial charge in [0.15, 0.2) is 5.82 Å². The molecule has 0 saturated carbocycles. The van der Waals surface area contributed by atoms with Gasteiger partial charge in [-0.05, 0) is 55.0 Å². The fourth-order valence-corrected chi connectivity index (χ4v) is 3.46. The Kier molecular flexibility index (Phi) is 7.35. The molecule has 10 heteroatoms. The van der Waals surface area contributed by atoms with Gasteiger partial charge in [-0.15, -0.1) is 5.10 Å². The molecule has 0 aliphatic rings. The fourth-order valence-electron chi connectivity index (χ4n) is 3.46. The highest BCUT2D eigenvalue weighted by Crippen LogP contribution is 2.31. The summed E-state index contributed by atoms with van der Waals surface area (Å²) in [5.41, 5.74) is 2.24. The third kappa shape index (κ3) is 5.72. The minimum absolute atomic E-state index is 0.0545. The number of halogens is 3. The van der Waals surface area contributed by atoms with Crippen LogP contribution >= 0.6 is 0 Å². The summed E-state index contributed by atoms with van der Waals surface area (Å²) in [5, 5.41) is 7.22. The number of rotatable bonds is 8. The van der Waals surface area contributed by atoms with Crippen molar-refractivity contribution in [2.45, 2.75) is 13.1 Å². The molecule has 0 atom stereocenters. The van der Waals surface area contributed by atoms with Gasteiger partial charge in [0, 0.05) is 23.9 Å². The number of carbonyl (C=O) groups is 1. The van der Waals surface area contributed by atoms with Gasteiger partial charge in [0.05, 0.1) is 17.9 Å². The highest BCUT2D eigenvalue weighted by Gasteiger charge is 2.30. The highest BCUT2D eigenvalue weighted by atomic mass is 19.4. The lowest BCUT2D eigenvalue weighted by atomic mass is 10.1. The van der Waals surface area contributed by atoms with E-state index >= 15 is 0 Å². The molecule has 3 aromatic carbocycles. The number of ether oxygens (including phenoxy) is 2. The molecular weight excluding hydrogens is 473 g/mol. The van der Waals surface area contributed by atoms with E-state index in [9.17, 15) is 18.0 Å². The van der Waals surface area contributed by atoms with Crippen LogP contribution in [0.4, 0.5) is 18.9 Å². The van der Waals surface area contributed by atoms with Gasteiger partial charge < -0.3 is 14.8 Å². The van der Waals surface area contributed by atoms with Crippen molar-refractivity contribution < 1.29 is 27.4 Å². The van der Waals surface area contributed by atoms with Crippen LogP contribution in [0.5, 0.6) is 6.01 Å². The third-order valence-electron chi connectivity index (χ3n) is 5.34. The van der Waals surface area contributed by atoms with E-state index in [1.807, 2.05) is 19.1 Å². The molecule has 7 nitrogen and oxygen atoms in total. The molecule has 1 amide bonds. The number of alkyl halides is 3. The second kappa shape index (κ2) is 10.6. The Morgan fingerprint density at radius 1 is 0.972 bits per heavy atom.